The molecule has 0 aromatic carbocycles. The Balaban J connectivity index is 1.66. The molecule has 2 aliphatic heterocycles. The maximum Gasteiger partial charge on any atom is 0.214 e. The van der Waals surface area contributed by atoms with Crippen LogP contribution < -0.4 is 0 Å². The Labute approximate surface area is 124 Å². The molecule has 6 heteroatoms. The van der Waals surface area contributed by atoms with Gasteiger partial charge in [-0.1, -0.05) is 0 Å². The van der Waals surface area contributed by atoms with Crippen molar-refractivity contribution in [3.05, 3.63) is 22.4 Å². The smallest absolute Gasteiger partial charge is 0.214 e. The van der Waals surface area contributed by atoms with E-state index < -0.39 is 10.0 Å². The Kier molecular flexibility index (Phi) is 4.45. The highest BCUT2D eigenvalue weighted by Gasteiger charge is 2.35. The van der Waals surface area contributed by atoms with E-state index in [4.69, 9.17) is 4.74 Å². The fourth-order valence-electron chi connectivity index (χ4n) is 3.14. The van der Waals surface area contributed by atoms with Gasteiger partial charge in [-0.15, -0.1) is 0 Å². The second-order valence-electron chi connectivity index (χ2n) is 5.57. The van der Waals surface area contributed by atoms with Gasteiger partial charge in [-0.25, -0.2) is 8.42 Å². The molecule has 1 aromatic rings. The molecule has 3 heterocycles. The summed E-state index contributed by atoms with van der Waals surface area (Å²) in [6, 6.07) is 2.10. The van der Waals surface area contributed by atoms with Crippen LogP contribution in [0.15, 0.2) is 16.8 Å². The first-order valence-electron chi connectivity index (χ1n) is 7.30. The molecule has 2 saturated heterocycles. The molecule has 3 rings (SSSR count). The Morgan fingerprint density at radius 3 is 2.95 bits per heavy atom. The van der Waals surface area contributed by atoms with Crippen LogP contribution in [0.3, 0.4) is 0 Å². The lowest BCUT2D eigenvalue weighted by atomic mass is 10.1. The predicted molar refractivity (Wildman–Crippen MR) is 80.4 cm³/mol. The molecule has 112 valence electrons. The van der Waals surface area contributed by atoms with Crippen molar-refractivity contribution in [3.8, 4) is 0 Å². The minimum Gasteiger partial charge on any atom is -0.378 e. The minimum atomic E-state index is -3.16. The Bertz CT molecular complexity index is 521. The number of rotatable bonds is 5. The molecular weight excluding hydrogens is 294 g/mol. The topological polar surface area (TPSA) is 46.6 Å². The van der Waals surface area contributed by atoms with E-state index in [1.165, 1.54) is 0 Å². The van der Waals surface area contributed by atoms with Crippen LogP contribution in [0.2, 0.25) is 0 Å². The number of ether oxygens (including phenoxy) is 1. The summed E-state index contributed by atoms with van der Waals surface area (Å²) in [7, 11) is -3.16. The molecule has 0 aliphatic carbocycles. The molecule has 2 aliphatic rings. The van der Waals surface area contributed by atoms with Crippen molar-refractivity contribution >= 4 is 21.4 Å². The molecule has 1 aromatic heterocycles. The first-order valence-corrected chi connectivity index (χ1v) is 9.85. The van der Waals surface area contributed by atoms with Crippen LogP contribution in [0, 0.1) is 0 Å². The van der Waals surface area contributed by atoms with Crippen LogP contribution in [0.4, 0.5) is 0 Å². The highest BCUT2D eigenvalue weighted by molar-refractivity contribution is 7.89. The normalized spacial score (nSPS) is 28.2. The average Bonchev–Trinajstić information content (AvgIpc) is 3.16. The Hall–Kier alpha value is -0.430. The minimum absolute atomic E-state index is 0.0516. The third-order valence-electron chi connectivity index (χ3n) is 4.21. The lowest BCUT2D eigenvalue weighted by molar-refractivity contribution is 0.108. The van der Waals surface area contributed by atoms with E-state index in [0.717, 1.165) is 37.9 Å². The van der Waals surface area contributed by atoms with E-state index >= 15 is 0 Å². The van der Waals surface area contributed by atoms with Crippen molar-refractivity contribution in [2.75, 3.05) is 18.9 Å². The quantitative estimate of drug-likeness (QED) is 0.839. The molecule has 0 spiro atoms. The first-order chi connectivity index (χ1) is 9.67. The summed E-state index contributed by atoms with van der Waals surface area (Å²) >= 11 is 1.63. The summed E-state index contributed by atoms with van der Waals surface area (Å²) in [4.78, 5) is 0. The molecule has 20 heavy (non-hydrogen) atoms. The van der Waals surface area contributed by atoms with Crippen LogP contribution in [0.5, 0.6) is 0 Å². The van der Waals surface area contributed by atoms with Crippen molar-refractivity contribution in [2.24, 2.45) is 0 Å². The van der Waals surface area contributed by atoms with Gasteiger partial charge >= 0.3 is 0 Å². The van der Waals surface area contributed by atoms with E-state index in [-0.39, 0.29) is 17.9 Å². The highest BCUT2D eigenvalue weighted by Crippen LogP contribution is 2.35. The molecule has 0 radical (unpaired) electrons. The van der Waals surface area contributed by atoms with Gasteiger partial charge in [0.05, 0.1) is 17.9 Å². The Morgan fingerprint density at radius 1 is 1.35 bits per heavy atom. The summed E-state index contributed by atoms with van der Waals surface area (Å²) in [5, 5.41) is 4.09. The van der Waals surface area contributed by atoms with Crippen molar-refractivity contribution in [3.63, 3.8) is 0 Å². The Morgan fingerprint density at radius 2 is 2.25 bits per heavy atom. The van der Waals surface area contributed by atoms with Crippen molar-refractivity contribution < 1.29 is 13.2 Å². The third kappa shape index (κ3) is 3.08. The first kappa shape index (κ1) is 14.5. The van der Waals surface area contributed by atoms with E-state index in [1.54, 1.807) is 15.6 Å². The second kappa shape index (κ2) is 6.13. The number of sulfonamides is 1. The van der Waals surface area contributed by atoms with Crippen molar-refractivity contribution in [2.45, 2.75) is 44.2 Å². The lowest BCUT2D eigenvalue weighted by Crippen LogP contribution is -2.33. The van der Waals surface area contributed by atoms with Crippen LogP contribution >= 0.6 is 11.3 Å². The fourth-order valence-corrected chi connectivity index (χ4v) is 5.66. The zero-order chi connectivity index (χ0) is 14.0. The molecule has 2 atom stereocenters. The maximum atomic E-state index is 12.6. The van der Waals surface area contributed by atoms with Crippen LogP contribution in [-0.2, 0) is 14.8 Å². The van der Waals surface area contributed by atoms with E-state index in [0.29, 0.717) is 13.0 Å². The molecule has 2 unspecified atom stereocenters. The van der Waals surface area contributed by atoms with E-state index in [1.807, 2.05) is 11.4 Å². The fraction of sp³-hybridized carbons (Fsp3) is 0.714. The standard InChI is InChI=1S/C14H21NO3S2/c16-20(17,10-6-13-3-2-8-18-13)15-7-1-4-14(15)12-5-9-19-11-12/h5,9,11,13-14H,1-4,6-8,10H2. The zero-order valence-electron chi connectivity index (χ0n) is 11.5. The molecule has 0 bridgehead atoms. The van der Waals surface area contributed by atoms with Gasteiger partial charge in [0.1, 0.15) is 0 Å². The van der Waals surface area contributed by atoms with Crippen LogP contribution in [-0.4, -0.2) is 37.7 Å². The summed E-state index contributed by atoms with van der Waals surface area (Å²) < 4.78 is 32.4. The summed E-state index contributed by atoms with van der Waals surface area (Å²) in [6.07, 6.45) is 4.74. The largest absolute Gasteiger partial charge is 0.378 e. The molecule has 0 N–H and O–H groups in total. The number of hydrogen-bond donors (Lipinski definition) is 0. The average molecular weight is 315 g/mol. The van der Waals surface area contributed by atoms with E-state index in [9.17, 15) is 8.42 Å². The molecule has 2 fully saturated rings. The van der Waals surface area contributed by atoms with Gasteiger partial charge in [0.15, 0.2) is 0 Å². The van der Waals surface area contributed by atoms with Crippen LogP contribution in [0.25, 0.3) is 0 Å². The van der Waals surface area contributed by atoms with Gasteiger partial charge in [-0.2, -0.15) is 15.6 Å². The second-order valence-corrected chi connectivity index (χ2v) is 8.39. The summed E-state index contributed by atoms with van der Waals surface area (Å²) in [5.41, 5.74) is 1.15. The third-order valence-corrected chi connectivity index (χ3v) is 6.82. The van der Waals surface area contributed by atoms with Crippen molar-refractivity contribution in [1.82, 2.24) is 4.31 Å². The summed E-state index contributed by atoms with van der Waals surface area (Å²) in [6.45, 7) is 1.44. The van der Waals surface area contributed by atoms with E-state index in [2.05, 4.69) is 5.38 Å². The number of hydrogen-bond acceptors (Lipinski definition) is 4. The van der Waals surface area contributed by atoms with Gasteiger partial charge < -0.3 is 4.74 Å². The lowest BCUT2D eigenvalue weighted by Gasteiger charge is -2.24. The zero-order valence-corrected chi connectivity index (χ0v) is 13.2. The molecule has 0 saturated carbocycles. The monoisotopic (exact) mass is 315 g/mol. The van der Waals surface area contributed by atoms with Gasteiger partial charge in [-0.05, 0) is 54.5 Å². The number of nitrogens with zero attached hydrogens (tertiary/aromatic N) is 1. The van der Waals surface area contributed by atoms with Gasteiger partial charge in [0.2, 0.25) is 10.0 Å². The van der Waals surface area contributed by atoms with Crippen LogP contribution in [0.1, 0.15) is 43.7 Å². The molecular formula is C14H21NO3S2. The van der Waals surface area contributed by atoms with Gasteiger partial charge in [0, 0.05) is 13.2 Å². The summed E-state index contributed by atoms with van der Waals surface area (Å²) in [5.74, 6) is 0.221. The number of thiophene rings is 1. The maximum absolute atomic E-state index is 12.6. The van der Waals surface area contributed by atoms with Crippen molar-refractivity contribution in [1.29, 1.82) is 0 Å². The predicted octanol–water partition coefficient (Wildman–Crippen LogP) is 2.78. The highest BCUT2D eigenvalue weighted by atomic mass is 32.2. The SMILES string of the molecule is O=S(=O)(CCC1CCCO1)N1CCCC1c1ccsc1. The molecule has 4 nitrogen and oxygen atoms in total. The van der Waals surface area contributed by atoms with Gasteiger partial charge in [-0.3, -0.25) is 0 Å². The molecule has 0 amide bonds. The van der Waals surface area contributed by atoms with Gasteiger partial charge in [0.25, 0.3) is 0 Å².